The number of aliphatic carboxylic acids is 1. The van der Waals surface area contributed by atoms with Crippen LogP contribution in [0.2, 0.25) is 0 Å². The van der Waals surface area contributed by atoms with Gasteiger partial charge in [-0.1, -0.05) is 12.8 Å². The molecule has 114 valence electrons. The predicted molar refractivity (Wildman–Crippen MR) is 76.6 cm³/mol. The van der Waals surface area contributed by atoms with Crippen LogP contribution in [0.3, 0.4) is 0 Å². The van der Waals surface area contributed by atoms with Gasteiger partial charge in [0.2, 0.25) is 0 Å². The van der Waals surface area contributed by atoms with E-state index in [-0.39, 0.29) is 12.3 Å². The third-order valence-corrected chi connectivity index (χ3v) is 4.54. The van der Waals surface area contributed by atoms with Gasteiger partial charge in [0.1, 0.15) is 0 Å². The van der Waals surface area contributed by atoms with Crippen LogP contribution in [-0.2, 0) is 20.7 Å². The van der Waals surface area contributed by atoms with Crippen molar-refractivity contribution in [2.75, 3.05) is 7.11 Å². The fraction of sp³-hybridized carbons (Fsp3) is 0.562. The summed E-state index contributed by atoms with van der Waals surface area (Å²) in [6, 6.07) is 3.69. The summed E-state index contributed by atoms with van der Waals surface area (Å²) in [5.74, 6) is -1.81. The second-order valence-electron chi connectivity index (χ2n) is 5.60. The van der Waals surface area contributed by atoms with Crippen LogP contribution < -0.4 is 0 Å². The Balaban J connectivity index is 2.25. The number of carboxylic acid groups (broad SMARTS) is 1. The molecule has 1 aromatic rings. The molecule has 21 heavy (non-hydrogen) atoms. The normalized spacial score (nSPS) is 18.1. The summed E-state index contributed by atoms with van der Waals surface area (Å²) in [4.78, 5) is 28.1. The first-order valence-electron chi connectivity index (χ1n) is 7.32. The fourth-order valence-corrected chi connectivity index (χ4v) is 3.33. The number of hydrogen-bond donors (Lipinski definition) is 1. The van der Waals surface area contributed by atoms with Gasteiger partial charge in [0, 0.05) is 12.4 Å². The maximum absolute atomic E-state index is 12.3. The topological polar surface area (TPSA) is 76.5 Å². The van der Waals surface area contributed by atoms with E-state index >= 15 is 0 Å². The molecule has 1 atom stereocenters. The number of ether oxygens (including phenoxy) is 1. The third kappa shape index (κ3) is 3.06. The molecule has 0 aliphatic heterocycles. The minimum absolute atomic E-state index is 0.135. The molecule has 0 amide bonds. The van der Waals surface area contributed by atoms with Crippen LogP contribution in [0, 0.1) is 11.3 Å². The number of carboxylic acids is 1. The monoisotopic (exact) mass is 291 g/mol. The number of nitrogens with zero attached hydrogens (tertiary/aromatic N) is 1. The molecular weight excluding hydrogens is 270 g/mol. The van der Waals surface area contributed by atoms with Gasteiger partial charge in [-0.15, -0.1) is 0 Å². The highest BCUT2D eigenvalue weighted by Crippen LogP contribution is 2.44. The maximum Gasteiger partial charge on any atom is 0.323 e. The summed E-state index contributed by atoms with van der Waals surface area (Å²) in [7, 11) is 1.27. The Morgan fingerprint density at radius 2 is 1.95 bits per heavy atom. The first kappa shape index (κ1) is 15.5. The van der Waals surface area contributed by atoms with Crippen molar-refractivity contribution in [3.05, 3.63) is 30.1 Å². The van der Waals surface area contributed by atoms with Crippen molar-refractivity contribution in [1.82, 2.24) is 4.98 Å². The molecule has 0 bridgehead atoms. The Bertz CT molecular complexity index is 496. The summed E-state index contributed by atoms with van der Waals surface area (Å²) < 4.78 is 4.85. The number of carbonyl (C=O) groups excluding carboxylic acids is 1. The molecule has 0 spiro atoms. The summed E-state index contributed by atoms with van der Waals surface area (Å²) >= 11 is 0. The zero-order valence-corrected chi connectivity index (χ0v) is 12.2. The quantitative estimate of drug-likeness (QED) is 0.643. The van der Waals surface area contributed by atoms with Crippen LogP contribution in [-0.4, -0.2) is 29.1 Å². The van der Waals surface area contributed by atoms with Gasteiger partial charge >= 0.3 is 11.9 Å². The van der Waals surface area contributed by atoms with Gasteiger partial charge in [0.15, 0.2) is 5.41 Å². The lowest BCUT2D eigenvalue weighted by atomic mass is 9.70. The van der Waals surface area contributed by atoms with Gasteiger partial charge in [-0.2, -0.15) is 0 Å². The van der Waals surface area contributed by atoms with Gasteiger partial charge in [0.05, 0.1) is 7.11 Å². The maximum atomic E-state index is 12.3. The molecular formula is C16H21NO4. The molecule has 0 radical (unpaired) electrons. The largest absolute Gasteiger partial charge is 0.480 e. The molecule has 1 unspecified atom stereocenters. The summed E-state index contributed by atoms with van der Waals surface area (Å²) in [6.07, 6.45) is 7.65. The van der Waals surface area contributed by atoms with Crippen LogP contribution in [0.15, 0.2) is 24.5 Å². The van der Waals surface area contributed by atoms with E-state index in [0.29, 0.717) is 6.42 Å². The molecule has 1 heterocycles. The lowest BCUT2D eigenvalue weighted by molar-refractivity contribution is -0.172. The second-order valence-corrected chi connectivity index (χ2v) is 5.60. The Morgan fingerprint density at radius 1 is 1.33 bits per heavy atom. The van der Waals surface area contributed by atoms with E-state index in [1.807, 2.05) is 12.1 Å². The van der Waals surface area contributed by atoms with Gasteiger partial charge in [-0.3, -0.25) is 14.6 Å². The van der Waals surface area contributed by atoms with Crippen molar-refractivity contribution in [2.24, 2.45) is 11.3 Å². The molecule has 5 nitrogen and oxygen atoms in total. The summed E-state index contributed by atoms with van der Waals surface area (Å²) in [5.41, 5.74) is -0.438. The highest BCUT2D eigenvalue weighted by molar-refractivity contribution is 5.99. The average molecular weight is 291 g/mol. The van der Waals surface area contributed by atoms with Crippen molar-refractivity contribution in [2.45, 2.75) is 38.5 Å². The van der Waals surface area contributed by atoms with E-state index in [0.717, 1.165) is 31.2 Å². The number of pyridine rings is 1. The van der Waals surface area contributed by atoms with Gasteiger partial charge < -0.3 is 9.84 Å². The first-order valence-corrected chi connectivity index (χ1v) is 7.32. The first-order chi connectivity index (χ1) is 10.1. The summed E-state index contributed by atoms with van der Waals surface area (Å²) in [5, 5.41) is 9.75. The Labute approximate surface area is 124 Å². The highest BCUT2D eigenvalue weighted by atomic mass is 16.5. The van der Waals surface area contributed by atoms with Crippen LogP contribution >= 0.6 is 0 Å². The molecule has 1 aliphatic carbocycles. The second kappa shape index (κ2) is 6.70. The van der Waals surface area contributed by atoms with Gasteiger partial charge in [-0.25, -0.2) is 0 Å². The average Bonchev–Trinajstić information content (AvgIpc) is 3.03. The minimum atomic E-state index is -1.42. The zero-order chi connectivity index (χ0) is 15.3. The van der Waals surface area contributed by atoms with Crippen LogP contribution in [0.1, 0.15) is 37.7 Å². The number of hydrogen-bond acceptors (Lipinski definition) is 4. The Morgan fingerprint density at radius 3 is 2.48 bits per heavy atom. The third-order valence-electron chi connectivity index (χ3n) is 4.54. The summed E-state index contributed by atoms with van der Waals surface area (Å²) in [6.45, 7) is 0. The van der Waals surface area contributed by atoms with Crippen molar-refractivity contribution < 1.29 is 19.4 Å². The van der Waals surface area contributed by atoms with E-state index in [9.17, 15) is 14.7 Å². The molecule has 2 rings (SSSR count). The molecule has 0 saturated heterocycles. The molecule has 0 aromatic carbocycles. The van der Waals surface area contributed by atoms with E-state index in [1.54, 1.807) is 12.4 Å². The number of carbonyl (C=O) groups is 2. The number of esters is 1. The van der Waals surface area contributed by atoms with Crippen molar-refractivity contribution in [1.29, 1.82) is 0 Å². The molecule has 5 heteroatoms. The van der Waals surface area contributed by atoms with Gasteiger partial charge in [-0.05, 0) is 49.3 Å². The van der Waals surface area contributed by atoms with Gasteiger partial charge in [0.25, 0.3) is 0 Å². The Kier molecular flexibility index (Phi) is 4.94. The number of aryl methyl sites for hydroxylation is 1. The van der Waals surface area contributed by atoms with E-state index in [1.165, 1.54) is 7.11 Å². The molecule has 1 fully saturated rings. The lowest BCUT2D eigenvalue weighted by Crippen LogP contribution is -2.46. The number of methoxy groups -OCH3 is 1. The number of rotatable bonds is 6. The van der Waals surface area contributed by atoms with E-state index in [4.69, 9.17) is 4.74 Å². The van der Waals surface area contributed by atoms with Crippen LogP contribution in [0.5, 0.6) is 0 Å². The molecule has 1 aromatic heterocycles. The lowest BCUT2D eigenvalue weighted by Gasteiger charge is -2.32. The van der Waals surface area contributed by atoms with E-state index in [2.05, 4.69) is 4.98 Å². The zero-order valence-electron chi connectivity index (χ0n) is 12.2. The number of aromatic nitrogens is 1. The van der Waals surface area contributed by atoms with Crippen molar-refractivity contribution in [3.63, 3.8) is 0 Å². The molecule has 1 aliphatic rings. The Hall–Kier alpha value is -1.91. The SMILES string of the molecule is COC(=O)C(CCc1ccncc1)(C(=O)O)C1CCCC1. The minimum Gasteiger partial charge on any atom is -0.480 e. The standard InChI is InChI=1S/C16H21NO4/c1-21-15(20)16(14(18)19,13-4-2-3-5-13)9-6-12-7-10-17-11-8-12/h7-8,10-11,13H,2-6,9H2,1H3,(H,18,19). The molecule has 1 saturated carbocycles. The van der Waals surface area contributed by atoms with Crippen molar-refractivity contribution in [3.8, 4) is 0 Å². The van der Waals surface area contributed by atoms with Crippen LogP contribution in [0.25, 0.3) is 0 Å². The van der Waals surface area contributed by atoms with Crippen LogP contribution in [0.4, 0.5) is 0 Å². The highest BCUT2D eigenvalue weighted by Gasteiger charge is 2.53. The van der Waals surface area contributed by atoms with Crippen molar-refractivity contribution >= 4 is 11.9 Å². The smallest absolute Gasteiger partial charge is 0.323 e. The predicted octanol–water partition coefficient (Wildman–Crippen LogP) is 2.45. The molecule has 1 N–H and O–H groups in total. The van der Waals surface area contributed by atoms with E-state index < -0.39 is 17.4 Å². The fourth-order valence-electron chi connectivity index (χ4n) is 3.33.